The van der Waals surface area contributed by atoms with Crippen LogP contribution in [0.15, 0.2) is 67.0 Å². The topological polar surface area (TPSA) is 84.7 Å². The molecule has 3 heterocycles. The number of carbonyl (C=O) groups excluding carboxylic acids is 1. The van der Waals surface area contributed by atoms with Gasteiger partial charge in [-0.05, 0) is 55.8 Å². The number of benzene rings is 1. The molecule has 4 rings (SSSR count). The smallest absolute Gasteiger partial charge is 0.255 e. The van der Waals surface area contributed by atoms with Crippen molar-refractivity contribution < 1.29 is 9.18 Å². The van der Waals surface area contributed by atoms with Crippen LogP contribution in [0.1, 0.15) is 27.3 Å². The minimum Gasteiger partial charge on any atom is -0.348 e. The Balaban J connectivity index is 1.45. The minimum atomic E-state index is -0.423. The summed E-state index contributed by atoms with van der Waals surface area (Å²) in [4.78, 5) is 21.4. The van der Waals surface area contributed by atoms with Crippen molar-refractivity contribution in [2.45, 2.75) is 20.4 Å². The Morgan fingerprint density at radius 2 is 1.90 bits per heavy atom. The molecule has 0 saturated heterocycles. The number of halogens is 1. The molecule has 0 radical (unpaired) electrons. The molecule has 4 aromatic rings. The Morgan fingerprint density at radius 1 is 1.06 bits per heavy atom. The number of nitrogens with one attached hydrogen (secondary N) is 2. The second-order valence-corrected chi connectivity index (χ2v) is 7.05. The Morgan fingerprint density at radius 3 is 2.61 bits per heavy atom. The fourth-order valence-electron chi connectivity index (χ4n) is 3.16. The zero-order valence-corrected chi connectivity index (χ0v) is 17.1. The SMILES string of the molecule is Cc1cc(C)n(-c2ccc(CNC(=O)c3cccnc3Nc3ccccc3F)cn2)n1. The fraction of sp³-hybridized carbons (Fsp3) is 0.130. The van der Waals surface area contributed by atoms with Crippen LogP contribution < -0.4 is 10.6 Å². The summed E-state index contributed by atoms with van der Waals surface area (Å²) in [5.74, 6) is 0.246. The van der Waals surface area contributed by atoms with Crippen molar-refractivity contribution in [1.82, 2.24) is 25.1 Å². The van der Waals surface area contributed by atoms with Gasteiger partial charge in [-0.2, -0.15) is 5.10 Å². The standard InChI is InChI=1S/C23H21FN6O/c1-15-12-16(2)30(29-15)21-10-9-17(13-26-21)14-27-23(31)18-6-5-11-25-22(18)28-20-8-4-3-7-19(20)24/h3-13H,14H2,1-2H3,(H,25,28)(H,27,31). The van der Waals surface area contributed by atoms with E-state index in [-0.39, 0.29) is 24.0 Å². The number of rotatable bonds is 6. The minimum absolute atomic E-state index is 0.249. The van der Waals surface area contributed by atoms with E-state index >= 15 is 0 Å². The highest BCUT2D eigenvalue weighted by Gasteiger charge is 2.14. The zero-order valence-electron chi connectivity index (χ0n) is 17.1. The number of aromatic nitrogens is 4. The summed E-state index contributed by atoms with van der Waals surface area (Å²) < 4.78 is 15.7. The number of amides is 1. The first kappa shape index (κ1) is 20.2. The van der Waals surface area contributed by atoms with Crippen LogP contribution in [-0.4, -0.2) is 25.7 Å². The lowest BCUT2D eigenvalue weighted by atomic mass is 10.2. The number of aryl methyl sites for hydroxylation is 2. The van der Waals surface area contributed by atoms with Gasteiger partial charge in [0.25, 0.3) is 5.91 Å². The second kappa shape index (κ2) is 8.74. The van der Waals surface area contributed by atoms with Crippen LogP contribution in [0.25, 0.3) is 5.82 Å². The Labute approximate surface area is 179 Å². The maximum absolute atomic E-state index is 14.0. The third kappa shape index (κ3) is 4.58. The largest absolute Gasteiger partial charge is 0.348 e. The highest BCUT2D eigenvalue weighted by molar-refractivity contribution is 5.99. The number of hydrogen-bond donors (Lipinski definition) is 2. The molecular weight excluding hydrogens is 395 g/mol. The molecule has 0 spiro atoms. The molecular formula is C23H21FN6O. The maximum Gasteiger partial charge on any atom is 0.255 e. The summed E-state index contributed by atoms with van der Waals surface area (Å²) in [5.41, 5.74) is 3.33. The van der Waals surface area contributed by atoms with Gasteiger partial charge in [0.05, 0.1) is 16.9 Å². The normalized spacial score (nSPS) is 10.7. The van der Waals surface area contributed by atoms with Crippen LogP contribution in [-0.2, 0) is 6.54 Å². The van der Waals surface area contributed by atoms with E-state index in [2.05, 4.69) is 25.7 Å². The molecule has 0 bridgehead atoms. The summed E-state index contributed by atoms with van der Waals surface area (Å²) in [6, 6.07) is 15.3. The van der Waals surface area contributed by atoms with Crippen molar-refractivity contribution in [3.05, 3.63) is 95.3 Å². The van der Waals surface area contributed by atoms with Gasteiger partial charge < -0.3 is 10.6 Å². The number of pyridine rings is 2. The molecule has 156 valence electrons. The van der Waals surface area contributed by atoms with Crippen molar-refractivity contribution in [3.8, 4) is 5.82 Å². The van der Waals surface area contributed by atoms with Gasteiger partial charge >= 0.3 is 0 Å². The maximum atomic E-state index is 14.0. The molecule has 3 aromatic heterocycles. The first-order chi connectivity index (χ1) is 15.0. The van der Waals surface area contributed by atoms with Crippen LogP contribution in [0.4, 0.5) is 15.9 Å². The lowest BCUT2D eigenvalue weighted by Gasteiger charge is -2.12. The van der Waals surface area contributed by atoms with Gasteiger partial charge in [-0.3, -0.25) is 4.79 Å². The number of carbonyl (C=O) groups is 1. The quantitative estimate of drug-likeness (QED) is 0.495. The first-order valence-electron chi connectivity index (χ1n) is 9.74. The molecule has 1 amide bonds. The Hall–Kier alpha value is -4.07. The number of nitrogens with zero attached hydrogens (tertiary/aromatic N) is 4. The van der Waals surface area contributed by atoms with Crippen molar-refractivity contribution in [2.75, 3.05) is 5.32 Å². The van der Waals surface area contributed by atoms with Gasteiger partial charge in [0.2, 0.25) is 0 Å². The Kier molecular flexibility index (Phi) is 5.70. The molecule has 0 aliphatic carbocycles. The second-order valence-electron chi connectivity index (χ2n) is 7.05. The third-order valence-electron chi connectivity index (χ3n) is 4.67. The van der Waals surface area contributed by atoms with E-state index in [9.17, 15) is 9.18 Å². The molecule has 31 heavy (non-hydrogen) atoms. The highest BCUT2D eigenvalue weighted by Crippen LogP contribution is 2.21. The summed E-state index contributed by atoms with van der Waals surface area (Å²) in [5, 5.41) is 10.2. The molecule has 2 N–H and O–H groups in total. The predicted octanol–water partition coefficient (Wildman–Crippen LogP) is 4.09. The highest BCUT2D eigenvalue weighted by atomic mass is 19.1. The molecule has 0 unspecified atom stereocenters. The van der Waals surface area contributed by atoms with Gasteiger partial charge in [-0.25, -0.2) is 19.0 Å². The van der Waals surface area contributed by atoms with E-state index in [1.54, 1.807) is 47.4 Å². The van der Waals surface area contributed by atoms with Crippen molar-refractivity contribution in [1.29, 1.82) is 0 Å². The number of para-hydroxylation sites is 1. The summed E-state index contributed by atoms with van der Waals surface area (Å²) >= 11 is 0. The number of anilines is 2. The van der Waals surface area contributed by atoms with Gasteiger partial charge in [0, 0.05) is 24.6 Å². The molecule has 0 saturated carbocycles. The monoisotopic (exact) mass is 416 g/mol. The summed E-state index contributed by atoms with van der Waals surface area (Å²) in [6.45, 7) is 4.19. The van der Waals surface area contributed by atoms with Gasteiger partial charge in [0.1, 0.15) is 11.6 Å². The zero-order chi connectivity index (χ0) is 21.8. The van der Waals surface area contributed by atoms with Crippen LogP contribution >= 0.6 is 0 Å². The van der Waals surface area contributed by atoms with Crippen molar-refractivity contribution >= 4 is 17.4 Å². The Bertz CT molecular complexity index is 1220. The van der Waals surface area contributed by atoms with E-state index in [0.29, 0.717) is 11.4 Å². The molecule has 0 atom stereocenters. The van der Waals surface area contributed by atoms with E-state index in [1.165, 1.54) is 6.07 Å². The van der Waals surface area contributed by atoms with Crippen LogP contribution in [0.5, 0.6) is 0 Å². The molecule has 0 aliphatic heterocycles. The van der Waals surface area contributed by atoms with E-state index in [1.807, 2.05) is 32.0 Å². The molecule has 8 heteroatoms. The predicted molar refractivity (Wildman–Crippen MR) is 116 cm³/mol. The average Bonchev–Trinajstić information content (AvgIpc) is 3.12. The van der Waals surface area contributed by atoms with Gasteiger partial charge in [-0.1, -0.05) is 18.2 Å². The van der Waals surface area contributed by atoms with Crippen LogP contribution in [0, 0.1) is 19.7 Å². The molecule has 0 aliphatic rings. The van der Waals surface area contributed by atoms with E-state index < -0.39 is 5.82 Å². The first-order valence-corrected chi connectivity index (χ1v) is 9.74. The van der Waals surface area contributed by atoms with Crippen molar-refractivity contribution in [2.24, 2.45) is 0 Å². The number of hydrogen-bond acceptors (Lipinski definition) is 5. The summed E-state index contributed by atoms with van der Waals surface area (Å²) in [6.07, 6.45) is 3.25. The lowest BCUT2D eigenvalue weighted by molar-refractivity contribution is 0.0951. The summed E-state index contributed by atoms with van der Waals surface area (Å²) in [7, 11) is 0. The van der Waals surface area contributed by atoms with Crippen molar-refractivity contribution in [3.63, 3.8) is 0 Å². The molecule has 7 nitrogen and oxygen atoms in total. The fourth-order valence-corrected chi connectivity index (χ4v) is 3.16. The van der Waals surface area contributed by atoms with Crippen LogP contribution in [0.2, 0.25) is 0 Å². The van der Waals surface area contributed by atoms with E-state index in [0.717, 1.165) is 17.0 Å². The lowest BCUT2D eigenvalue weighted by Crippen LogP contribution is -2.24. The average molecular weight is 416 g/mol. The molecule has 0 fully saturated rings. The van der Waals surface area contributed by atoms with E-state index in [4.69, 9.17) is 0 Å². The third-order valence-corrected chi connectivity index (χ3v) is 4.67. The van der Waals surface area contributed by atoms with Crippen LogP contribution in [0.3, 0.4) is 0 Å². The molecule has 1 aromatic carbocycles. The van der Waals surface area contributed by atoms with Gasteiger partial charge in [0.15, 0.2) is 5.82 Å². The van der Waals surface area contributed by atoms with Gasteiger partial charge in [-0.15, -0.1) is 0 Å².